The van der Waals surface area contributed by atoms with Gasteiger partial charge in [-0.15, -0.1) is 0 Å². The second kappa shape index (κ2) is 11.9. The molecule has 1 aliphatic carbocycles. The number of carbonyl (C=O) groups excluding carboxylic acids is 2. The highest BCUT2D eigenvalue weighted by molar-refractivity contribution is 6.06. The summed E-state index contributed by atoms with van der Waals surface area (Å²) in [6.45, 7) is 5.93. The lowest BCUT2D eigenvalue weighted by atomic mass is 10.1. The Hall–Kier alpha value is -4.60. The minimum Gasteiger partial charge on any atom is -0.448 e. The summed E-state index contributed by atoms with van der Waals surface area (Å²) in [5.41, 5.74) is 5.66. The van der Waals surface area contributed by atoms with Crippen molar-refractivity contribution < 1.29 is 14.0 Å². The molecule has 2 amide bonds. The zero-order valence-corrected chi connectivity index (χ0v) is 23.2. The van der Waals surface area contributed by atoms with Gasteiger partial charge in [-0.25, -0.2) is 9.97 Å². The molecule has 0 spiro atoms. The third kappa shape index (κ3) is 6.26. The van der Waals surface area contributed by atoms with Gasteiger partial charge < -0.3 is 29.8 Å². The highest BCUT2D eigenvalue weighted by Gasteiger charge is 2.30. The average Bonchev–Trinajstić information content (AvgIpc) is 3.48. The topological polar surface area (TPSA) is 119 Å². The van der Waals surface area contributed by atoms with Gasteiger partial charge in [0, 0.05) is 56.1 Å². The van der Waals surface area contributed by atoms with E-state index in [4.69, 9.17) is 4.42 Å². The van der Waals surface area contributed by atoms with Crippen molar-refractivity contribution in [3.63, 3.8) is 0 Å². The fraction of sp³-hybridized carbons (Fsp3) is 0.355. The maximum atomic E-state index is 13.2. The molecule has 1 aliphatic heterocycles. The predicted molar refractivity (Wildman–Crippen MR) is 158 cm³/mol. The first-order valence-corrected chi connectivity index (χ1v) is 14.3. The van der Waals surface area contributed by atoms with E-state index in [0.717, 1.165) is 63.2 Å². The van der Waals surface area contributed by atoms with Crippen LogP contribution in [0.2, 0.25) is 0 Å². The van der Waals surface area contributed by atoms with E-state index in [1.807, 2.05) is 18.3 Å². The van der Waals surface area contributed by atoms with Crippen molar-refractivity contribution in [1.29, 1.82) is 0 Å². The number of imidazole rings is 1. The number of aromatic amines is 1. The quantitative estimate of drug-likeness (QED) is 0.247. The molecular weight excluding hydrogens is 518 g/mol. The summed E-state index contributed by atoms with van der Waals surface area (Å²) in [5, 5.41) is 6.01. The Bertz CT molecular complexity index is 1500. The van der Waals surface area contributed by atoms with Crippen LogP contribution in [0.4, 0.5) is 17.1 Å². The molecule has 0 unspecified atom stereocenters. The Morgan fingerprint density at radius 3 is 2.54 bits per heavy atom. The third-order valence-corrected chi connectivity index (χ3v) is 7.71. The second-order valence-electron chi connectivity index (χ2n) is 10.7. The number of para-hydroxylation sites is 1. The van der Waals surface area contributed by atoms with Crippen LogP contribution in [0.25, 0.3) is 0 Å². The van der Waals surface area contributed by atoms with Gasteiger partial charge in [-0.2, -0.15) is 0 Å². The number of benzene rings is 2. The highest BCUT2D eigenvalue weighted by atomic mass is 16.3. The summed E-state index contributed by atoms with van der Waals surface area (Å²) in [5.74, 6) is 0.398. The maximum absolute atomic E-state index is 13.2. The Morgan fingerprint density at radius 2 is 1.80 bits per heavy atom. The molecule has 2 fully saturated rings. The summed E-state index contributed by atoms with van der Waals surface area (Å²) in [6.07, 6.45) is 8.56. The van der Waals surface area contributed by atoms with Crippen molar-refractivity contribution in [2.75, 3.05) is 47.8 Å². The number of H-pyrrole nitrogens is 1. The number of rotatable bonds is 10. The lowest BCUT2D eigenvalue weighted by molar-refractivity contribution is 0.0951. The van der Waals surface area contributed by atoms with Crippen molar-refractivity contribution in [2.45, 2.75) is 38.5 Å². The summed E-state index contributed by atoms with van der Waals surface area (Å²) in [6, 6.07) is 13.9. The van der Waals surface area contributed by atoms with E-state index in [1.54, 1.807) is 12.4 Å². The number of anilines is 3. The van der Waals surface area contributed by atoms with Crippen LogP contribution in [0.1, 0.15) is 63.2 Å². The van der Waals surface area contributed by atoms with E-state index >= 15 is 0 Å². The predicted octanol–water partition coefficient (Wildman–Crippen LogP) is 4.53. The molecule has 0 atom stereocenters. The van der Waals surface area contributed by atoms with Crippen molar-refractivity contribution in [2.24, 2.45) is 0 Å². The number of carbonyl (C=O) groups is 2. The van der Waals surface area contributed by atoms with Crippen molar-refractivity contribution >= 4 is 28.9 Å². The standard InChI is InChI=1S/C31H35N7O3/c1-21-5-2-3-7-27(21)37-13-15-38(16-14-37)28-11-10-23(29(39)33-12-4-6-24-18-32-20-34-24)17-25(28)35-30(40)26-19-41-31(36-26)22-8-9-22/h2-3,5,7,10-11,17-20,22H,4,6,8-9,12-16H2,1H3,(H,32,34)(H,33,39)(H,35,40). The lowest BCUT2D eigenvalue weighted by Gasteiger charge is -2.38. The molecule has 6 rings (SSSR count). The average molecular weight is 554 g/mol. The van der Waals surface area contributed by atoms with Crippen molar-refractivity contribution in [3.05, 3.63) is 89.7 Å². The highest BCUT2D eigenvalue weighted by Crippen LogP contribution is 2.39. The first-order valence-electron chi connectivity index (χ1n) is 14.3. The minimum atomic E-state index is -0.350. The van der Waals surface area contributed by atoms with E-state index in [-0.39, 0.29) is 17.5 Å². The Kier molecular flexibility index (Phi) is 7.71. The largest absolute Gasteiger partial charge is 0.448 e. The molecule has 1 saturated carbocycles. The first kappa shape index (κ1) is 26.6. The molecule has 2 aliphatic rings. The zero-order valence-electron chi connectivity index (χ0n) is 23.2. The molecule has 10 nitrogen and oxygen atoms in total. The number of aryl methyl sites for hydroxylation is 2. The fourth-order valence-electron chi connectivity index (χ4n) is 5.26. The van der Waals surface area contributed by atoms with Gasteiger partial charge in [0.05, 0.1) is 23.4 Å². The summed E-state index contributed by atoms with van der Waals surface area (Å²) >= 11 is 0. The Labute approximate surface area is 239 Å². The van der Waals surface area contributed by atoms with Crippen LogP contribution in [-0.2, 0) is 6.42 Å². The normalized spacial score (nSPS) is 15.1. The van der Waals surface area contributed by atoms with Gasteiger partial charge in [-0.05, 0) is 62.4 Å². The number of nitrogens with zero attached hydrogens (tertiary/aromatic N) is 4. The summed E-state index contributed by atoms with van der Waals surface area (Å²) in [7, 11) is 0. The fourth-order valence-corrected chi connectivity index (χ4v) is 5.26. The summed E-state index contributed by atoms with van der Waals surface area (Å²) in [4.78, 5) is 42.5. The second-order valence-corrected chi connectivity index (χ2v) is 10.7. The monoisotopic (exact) mass is 553 g/mol. The molecule has 0 bridgehead atoms. The Morgan fingerprint density at radius 1 is 1.02 bits per heavy atom. The van der Waals surface area contributed by atoms with Gasteiger partial charge in [0.25, 0.3) is 11.8 Å². The van der Waals surface area contributed by atoms with Crippen LogP contribution in [0.5, 0.6) is 0 Å². The van der Waals surface area contributed by atoms with Crippen LogP contribution in [0, 0.1) is 6.92 Å². The van der Waals surface area contributed by atoms with Gasteiger partial charge in [0.2, 0.25) is 0 Å². The molecule has 2 aromatic carbocycles. The molecule has 0 radical (unpaired) electrons. The number of oxazole rings is 1. The van der Waals surface area contributed by atoms with Gasteiger partial charge >= 0.3 is 0 Å². The van der Waals surface area contributed by atoms with E-state index in [2.05, 4.69) is 66.6 Å². The maximum Gasteiger partial charge on any atom is 0.277 e. The van der Waals surface area contributed by atoms with Crippen LogP contribution in [-0.4, -0.2) is 59.5 Å². The molecule has 41 heavy (non-hydrogen) atoms. The number of piperazine rings is 1. The van der Waals surface area contributed by atoms with Crippen LogP contribution in [0.15, 0.2) is 65.7 Å². The van der Waals surface area contributed by atoms with Crippen LogP contribution < -0.4 is 20.4 Å². The van der Waals surface area contributed by atoms with Gasteiger partial charge in [-0.1, -0.05) is 18.2 Å². The van der Waals surface area contributed by atoms with Crippen molar-refractivity contribution in [3.8, 4) is 0 Å². The molecular formula is C31H35N7O3. The number of hydrogen-bond donors (Lipinski definition) is 3. The molecule has 1 saturated heterocycles. The number of hydrogen-bond acceptors (Lipinski definition) is 7. The van der Waals surface area contributed by atoms with E-state index in [9.17, 15) is 9.59 Å². The third-order valence-electron chi connectivity index (χ3n) is 7.71. The minimum absolute atomic E-state index is 0.184. The van der Waals surface area contributed by atoms with Gasteiger partial charge in [-0.3, -0.25) is 9.59 Å². The van der Waals surface area contributed by atoms with Crippen LogP contribution >= 0.6 is 0 Å². The number of amides is 2. The molecule has 3 N–H and O–H groups in total. The Balaban J connectivity index is 1.17. The van der Waals surface area contributed by atoms with Gasteiger partial charge in [0.1, 0.15) is 6.26 Å². The SMILES string of the molecule is Cc1ccccc1N1CCN(c2ccc(C(=O)NCCCc3c[nH]cn3)cc2NC(=O)c2coc(C3CC3)n2)CC1. The molecule has 4 aromatic rings. The first-order chi connectivity index (χ1) is 20.0. The molecule has 212 valence electrons. The summed E-state index contributed by atoms with van der Waals surface area (Å²) < 4.78 is 5.54. The van der Waals surface area contributed by atoms with Gasteiger partial charge in [0.15, 0.2) is 11.6 Å². The van der Waals surface area contributed by atoms with Crippen molar-refractivity contribution in [1.82, 2.24) is 20.3 Å². The molecule has 10 heteroatoms. The lowest BCUT2D eigenvalue weighted by Crippen LogP contribution is -2.47. The zero-order chi connectivity index (χ0) is 28.2. The smallest absolute Gasteiger partial charge is 0.277 e. The van der Waals surface area contributed by atoms with E-state index in [0.29, 0.717) is 29.6 Å². The van der Waals surface area contributed by atoms with E-state index < -0.39 is 0 Å². The van der Waals surface area contributed by atoms with E-state index in [1.165, 1.54) is 17.5 Å². The van der Waals surface area contributed by atoms with Crippen LogP contribution in [0.3, 0.4) is 0 Å². The number of nitrogens with one attached hydrogen (secondary N) is 3. The number of aromatic nitrogens is 3. The molecule has 3 heterocycles. The molecule has 2 aromatic heterocycles.